The molecule has 3 nitrogen and oxygen atoms in total. The molecule has 1 aromatic carbocycles. The van der Waals surface area contributed by atoms with Crippen molar-refractivity contribution in [3.05, 3.63) is 41.5 Å². The van der Waals surface area contributed by atoms with Gasteiger partial charge in [0, 0.05) is 24.5 Å². The summed E-state index contributed by atoms with van der Waals surface area (Å²) in [5.74, 6) is -1.57. The lowest BCUT2D eigenvalue weighted by molar-refractivity contribution is -0.187. The van der Waals surface area contributed by atoms with Crippen LogP contribution in [0.3, 0.4) is 0 Å². The summed E-state index contributed by atoms with van der Waals surface area (Å²) in [7, 11) is 0. The maximum atomic E-state index is 13.2. The fraction of sp³-hybridized carbons (Fsp3) is 0.591. The third-order valence-corrected chi connectivity index (χ3v) is 6.04. The number of hydrogen-bond donors (Lipinski definition) is 1. The Balaban J connectivity index is 1.74. The Morgan fingerprint density at radius 2 is 1.82 bits per heavy atom. The Bertz CT molecular complexity index is 693. The number of carbonyl (C=O) groups is 1. The van der Waals surface area contributed by atoms with Crippen molar-refractivity contribution in [2.45, 2.75) is 63.7 Å². The smallest absolute Gasteiger partial charge is 0.331 e. The Kier molecular flexibility index (Phi) is 6.48. The molecule has 2 saturated carbocycles. The van der Waals surface area contributed by atoms with Gasteiger partial charge in [-0.1, -0.05) is 48.9 Å². The van der Waals surface area contributed by atoms with E-state index in [1.165, 1.54) is 0 Å². The number of alkyl halides is 3. The van der Waals surface area contributed by atoms with E-state index in [2.05, 4.69) is 6.08 Å². The molecule has 0 aliphatic heterocycles. The SMILES string of the molecule is CC/C(=C\c1ccccc1)C1CC1N(C[C@H]1CC[C@H](N)CC1)C(=O)C(F)(F)F. The summed E-state index contributed by atoms with van der Waals surface area (Å²) in [6.45, 7) is 2.21. The first-order chi connectivity index (χ1) is 13.3. The molecule has 0 spiro atoms. The molecule has 0 saturated heterocycles. The maximum absolute atomic E-state index is 13.2. The number of nitrogens with zero attached hydrogens (tertiary/aromatic N) is 1. The molecule has 2 aliphatic carbocycles. The molecule has 2 atom stereocenters. The minimum absolute atomic E-state index is 0.0161. The van der Waals surface area contributed by atoms with Crippen LogP contribution in [0.25, 0.3) is 6.08 Å². The van der Waals surface area contributed by atoms with Crippen molar-refractivity contribution in [3.63, 3.8) is 0 Å². The van der Waals surface area contributed by atoms with Crippen molar-refractivity contribution in [1.82, 2.24) is 4.90 Å². The van der Waals surface area contributed by atoms with Crippen LogP contribution in [0.2, 0.25) is 0 Å². The molecular formula is C22H29F3N2O. The van der Waals surface area contributed by atoms with Crippen LogP contribution in [0.15, 0.2) is 35.9 Å². The highest BCUT2D eigenvalue weighted by atomic mass is 19.4. The summed E-state index contributed by atoms with van der Waals surface area (Å²) < 4.78 is 39.7. The summed E-state index contributed by atoms with van der Waals surface area (Å²) in [6.07, 6.45) is 1.83. The van der Waals surface area contributed by atoms with Gasteiger partial charge in [-0.2, -0.15) is 13.2 Å². The van der Waals surface area contributed by atoms with Crippen molar-refractivity contribution in [3.8, 4) is 0 Å². The summed E-state index contributed by atoms with van der Waals surface area (Å²) in [5, 5.41) is 0. The highest BCUT2D eigenvalue weighted by Gasteiger charge is 2.52. The van der Waals surface area contributed by atoms with Gasteiger partial charge in [0.15, 0.2) is 0 Å². The average molecular weight is 394 g/mol. The molecule has 28 heavy (non-hydrogen) atoms. The summed E-state index contributed by atoms with van der Waals surface area (Å²) >= 11 is 0. The number of nitrogens with two attached hydrogens (primary N) is 1. The van der Waals surface area contributed by atoms with Crippen LogP contribution in [0.5, 0.6) is 0 Å². The zero-order chi connectivity index (χ0) is 20.3. The minimum Gasteiger partial charge on any atom is -0.331 e. The van der Waals surface area contributed by atoms with E-state index < -0.39 is 12.1 Å². The van der Waals surface area contributed by atoms with Crippen LogP contribution in [-0.2, 0) is 4.79 Å². The van der Waals surface area contributed by atoms with Crippen molar-refractivity contribution < 1.29 is 18.0 Å². The first-order valence-corrected chi connectivity index (χ1v) is 10.2. The van der Waals surface area contributed by atoms with Gasteiger partial charge in [-0.15, -0.1) is 0 Å². The van der Waals surface area contributed by atoms with Crippen LogP contribution >= 0.6 is 0 Å². The lowest BCUT2D eigenvalue weighted by Gasteiger charge is -2.32. The quantitative estimate of drug-likeness (QED) is 0.755. The van der Waals surface area contributed by atoms with Crippen molar-refractivity contribution in [2.24, 2.45) is 17.6 Å². The van der Waals surface area contributed by atoms with E-state index in [0.717, 1.165) is 48.1 Å². The monoisotopic (exact) mass is 394 g/mol. The Hall–Kier alpha value is -1.82. The van der Waals surface area contributed by atoms with Gasteiger partial charge in [0.25, 0.3) is 0 Å². The Morgan fingerprint density at radius 3 is 2.39 bits per heavy atom. The lowest BCUT2D eigenvalue weighted by Crippen LogP contribution is -2.46. The highest BCUT2D eigenvalue weighted by molar-refractivity contribution is 5.82. The topological polar surface area (TPSA) is 46.3 Å². The van der Waals surface area contributed by atoms with E-state index in [4.69, 9.17) is 5.73 Å². The van der Waals surface area contributed by atoms with Crippen LogP contribution < -0.4 is 5.73 Å². The second kappa shape index (κ2) is 8.68. The Morgan fingerprint density at radius 1 is 1.18 bits per heavy atom. The molecule has 0 bridgehead atoms. The molecule has 2 aliphatic rings. The molecule has 6 heteroatoms. The molecule has 0 heterocycles. The van der Waals surface area contributed by atoms with Crippen LogP contribution in [-0.4, -0.2) is 35.6 Å². The molecular weight excluding hydrogens is 365 g/mol. The second-order valence-electron chi connectivity index (χ2n) is 8.13. The molecule has 0 radical (unpaired) electrons. The van der Waals surface area contributed by atoms with Gasteiger partial charge in [0.1, 0.15) is 0 Å². The number of benzene rings is 1. The normalized spacial score (nSPS) is 28.1. The van der Waals surface area contributed by atoms with Crippen LogP contribution in [0, 0.1) is 11.8 Å². The van der Waals surface area contributed by atoms with Crippen molar-refractivity contribution >= 4 is 12.0 Å². The van der Waals surface area contributed by atoms with Gasteiger partial charge in [-0.25, -0.2) is 0 Å². The molecule has 0 aromatic heterocycles. The summed E-state index contributed by atoms with van der Waals surface area (Å²) in [6, 6.07) is 9.57. The third kappa shape index (κ3) is 5.16. The molecule has 2 N–H and O–H groups in total. The van der Waals surface area contributed by atoms with E-state index in [9.17, 15) is 18.0 Å². The first kappa shape index (κ1) is 20.9. The number of hydrogen-bond acceptors (Lipinski definition) is 2. The zero-order valence-corrected chi connectivity index (χ0v) is 16.3. The minimum atomic E-state index is -4.83. The van der Waals surface area contributed by atoms with Crippen molar-refractivity contribution in [2.75, 3.05) is 6.54 Å². The molecule has 154 valence electrons. The van der Waals surface area contributed by atoms with Gasteiger partial charge in [-0.3, -0.25) is 4.79 Å². The van der Waals surface area contributed by atoms with E-state index in [0.29, 0.717) is 6.42 Å². The van der Waals surface area contributed by atoms with Crippen molar-refractivity contribution in [1.29, 1.82) is 0 Å². The molecule has 1 amide bonds. The standard InChI is InChI=1S/C22H29F3N2O/c1-2-17(12-15-6-4-3-5-7-15)19-13-20(19)27(21(28)22(23,24)25)14-16-8-10-18(26)11-9-16/h3-7,12,16,18-20H,2,8-11,13-14,26H2,1H3/b17-12+/t16-,18-,19?,20?. The number of carbonyl (C=O) groups excluding carboxylic acids is 1. The number of rotatable bonds is 6. The average Bonchev–Trinajstić information content (AvgIpc) is 3.45. The predicted molar refractivity (Wildman–Crippen MR) is 104 cm³/mol. The molecule has 2 unspecified atom stereocenters. The van der Waals surface area contributed by atoms with Gasteiger partial charge in [-0.05, 0) is 50.0 Å². The fourth-order valence-electron chi connectivity index (χ4n) is 4.34. The van der Waals surface area contributed by atoms with Gasteiger partial charge in [0.05, 0.1) is 0 Å². The van der Waals surface area contributed by atoms with Gasteiger partial charge >= 0.3 is 12.1 Å². The first-order valence-electron chi connectivity index (χ1n) is 10.2. The van der Waals surface area contributed by atoms with E-state index in [-0.39, 0.29) is 30.5 Å². The lowest BCUT2D eigenvalue weighted by atomic mass is 9.86. The van der Waals surface area contributed by atoms with Gasteiger partial charge < -0.3 is 10.6 Å². The second-order valence-corrected chi connectivity index (χ2v) is 8.13. The number of amides is 1. The molecule has 3 rings (SSSR count). The Labute approximate surface area is 164 Å². The largest absolute Gasteiger partial charge is 0.471 e. The zero-order valence-electron chi connectivity index (χ0n) is 16.3. The van der Waals surface area contributed by atoms with Crippen LogP contribution in [0.1, 0.15) is 51.0 Å². The van der Waals surface area contributed by atoms with Crippen LogP contribution in [0.4, 0.5) is 13.2 Å². The maximum Gasteiger partial charge on any atom is 0.471 e. The number of halogens is 3. The van der Waals surface area contributed by atoms with E-state index in [1.54, 1.807) is 0 Å². The molecule has 1 aromatic rings. The summed E-state index contributed by atoms with van der Waals surface area (Å²) in [5.41, 5.74) is 8.07. The van der Waals surface area contributed by atoms with Gasteiger partial charge in [0.2, 0.25) is 0 Å². The molecule has 2 fully saturated rings. The summed E-state index contributed by atoms with van der Waals surface area (Å²) in [4.78, 5) is 13.3. The predicted octanol–water partition coefficient (Wildman–Crippen LogP) is 4.78. The van der Waals surface area contributed by atoms with E-state index in [1.807, 2.05) is 37.3 Å². The highest BCUT2D eigenvalue weighted by Crippen LogP contribution is 2.45. The third-order valence-electron chi connectivity index (χ3n) is 6.04. The fourth-order valence-corrected chi connectivity index (χ4v) is 4.34. The van der Waals surface area contributed by atoms with E-state index >= 15 is 0 Å².